The average Bonchev–Trinajstić information content (AvgIpc) is 3.54. The molecule has 166 valence electrons. The first-order chi connectivity index (χ1) is 15.6. The quantitative estimate of drug-likeness (QED) is 0.277. The van der Waals surface area contributed by atoms with Crippen LogP contribution < -0.4 is 5.84 Å². The number of carbonyl (C=O) groups excluding carboxylic acids is 1. The summed E-state index contributed by atoms with van der Waals surface area (Å²) in [6, 6.07) is 11.1. The van der Waals surface area contributed by atoms with Crippen molar-refractivity contribution in [3.8, 4) is 22.2 Å². The molecule has 0 bridgehead atoms. The van der Waals surface area contributed by atoms with Crippen molar-refractivity contribution >= 4 is 40.6 Å². The molecule has 12 heteroatoms. The summed E-state index contributed by atoms with van der Waals surface area (Å²) < 4.78 is 7.07. The van der Waals surface area contributed by atoms with Gasteiger partial charge >= 0.3 is 0 Å². The zero-order chi connectivity index (χ0) is 22.5. The molecule has 2 N–H and O–H groups in total. The molecule has 0 unspecified atom stereocenters. The van der Waals surface area contributed by atoms with E-state index < -0.39 is 0 Å². The predicted molar refractivity (Wildman–Crippen MR) is 125 cm³/mol. The maximum atomic E-state index is 12.9. The van der Waals surface area contributed by atoms with Crippen LogP contribution in [0.4, 0.5) is 0 Å². The molecule has 0 spiro atoms. The lowest BCUT2D eigenvalue weighted by Crippen LogP contribution is -2.33. The van der Waals surface area contributed by atoms with Crippen molar-refractivity contribution in [2.75, 3.05) is 18.1 Å². The summed E-state index contributed by atoms with van der Waals surface area (Å²) in [6.07, 6.45) is 0.798. The largest absolute Gasteiger partial charge is 0.418 e. The lowest BCUT2D eigenvalue weighted by molar-refractivity contribution is -0.129. The number of hydrogen-bond donors (Lipinski definition) is 1. The second-order valence-electron chi connectivity index (χ2n) is 6.74. The van der Waals surface area contributed by atoms with Gasteiger partial charge in [-0.3, -0.25) is 4.79 Å². The smallest absolute Gasteiger partial charge is 0.257 e. The Morgan fingerprint density at radius 1 is 1.22 bits per heavy atom. The summed E-state index contributed by atoms with van der Waals surface area (Å²) in [6.45, 7) is 2.81. The van der Waals surface area contributed by atoms with Crippen molar-refractivity contribution in [2.24, 2.45) is 0 Å². The second-order valence-corrected chi connectivity index (χ2v) is 9.04. The molecule has 32 heavy (non-hydrogen) atoms. The molecule has 9 nitrogen and oxygen atoms in total. The fourth-order valence-electron chi connectivity index (χ4n) is 2.96. The van der Waals surface area contributed by atoms with Crippen LogP contribution in [0.1, 0.15) is 19.2 Å². The number of thioether (sulfide) groups is 1. The number of nitrogens with zero attached hydrogens (tertiary/aromatic N) is 6. The Balaban J connectivity index is 1.41. The standard InChI is InChI=1S/C20H20ClN7O2S2/c1-2-9-27(11-16-23-25-19(30-16)15-8-5-10-31-15)17(29)12-32-20-26-24-18(28(20)22)13-6-3-4-7-14(13)21/h3-8,10H,2,9,11-12,22H2,1H3. The summed E-state index contributed by atoms with van der Waals surface area (Å²) in [5.41, 5.74) is 0.674. The number of hydrogen-bond acceptors (Lipinski definition) is 9. The van der Waals surface area contributed by atoms with Gasteiger partial charge in [0.2, 0.25) is 17.0 Å². The van der Waals surface area contributed by atoms with Crippen LogP contribution in [0, 0.1) is 0 Å². The Labute approximate surface area is 197 Å². The first kappa shape index (κ1) is 22.3. The van der Waals surface area contributed by atoms with Crippen molar-refractivity contribution < 1.29 is 9.21 Å². The molecular weight excluding hydrogens is 470 g/mol. The van der Waals surface area contributed by atoms with Crippen LogP contribution in [-0.4, -0.2) is 48.2 Å². The number of carbonyl (C=O) groups is 1. The van der Waals surface area contributed by atoms with Crippen molar-refractivity contribution in [1.29, 1.82) is 0 Å². The number of aromatic nitrogens is 5. The van der Waals surface area contributed by atoms with Gasteiger partial charge in [-0.05, 0) is 30.0 Å². The number of nitrogen functional groups attached to an aromatic ring is 1. The van der Waals surface area contributed by atoms with Crippen molar-refractivity contribution in [3.05, 3.63) is 52.7 Å². The third kappa shape index (κ3) is 4.95. The summed E-state index contributed by atoms with van der Waals surface area (Å²) in [4.78, 5) is 15.5. The van der Waals surface area contributed by atoms with Gasteiger partial charge in [-0.15, -0.1) is 31.7 Å². The van der Waals surface area contributed by atoms with E-state index in [-0.39, 0.29) is 18.2 Å². The highest BCUT2D eigenvalue weighted by molar-refractivity contribution is 7.99. The van der Waals surface area contributed by atoms with Gasteiger partial charge in [0.25, 0.3) is 5.89 Å². The van der Waals surface area contributed by atoms with Gasteiger partial charge in [0.1, 0.15) is 0 Å². The third-order valence-corrected chi connectivity index (χ3v) is 6.59. The molecular formula is C20H20ClN7O2S2. The molecule has 4 rings (SSSR count). The van der Waals surface area contributed by atoms with Gasteiger partial charge in [-0.1, -0.05) is 48.5 Å². The van der Waals surface area contributed by atoms with E-state index in [4.69, 9.17) is 21.9 Å². The Bertz CT molecular complexity index is 1190. The van der Waals surface area contributed by atoms with E-state index in [9.17, 15) is 4.79 Å². The highest BCUT2D eigenvalue weighted by Crippen LogP contribution is 2.28. The van der Waals surface area contributed by atoms with Crippen molar-refractivity contribution in [1.82, 2.24) is 30.0 Å². The van der Waals surface area contributed by atoms with Crippen LogP contribution in [-0.2, 0) is 11.3 Å². The van der Waals surface area contributed by atoms with Crippen molar-refractivity contribution in [2.45, 2.75) is 25.0 Å². The van der Waals surface area contributed by atoms with E-state index in [0.29, 0.717) is 39.9 Å². The van der Waals surface area contributed by atoms with Crippen LogP contribution in [0.3, 0.4) is 0 Å². The van der Waals surface area contributed by atoms with Crippen LogP contribution in [0.25, 0.3) is 22.2 Å². The first-order valence-corrected chi connectivity index (χ1v) is 12.0. The highest BCUT2D eigenvalue weighted by Gasteiger charge is 2.20. The normalized spacial score (nSPS) is 11.1. The van der Waals surface area contributed by atoms with Crippen LogP contribution in [0.15, 0.2) is 51.4 Å². The zero-order valence-electron chi connectivity index (χ0n) is 17.1. The Hall–Kier alpha value is -2.89. The fourth-order valence-corrected chi connectivity index (χ4v) is 4.59. The van der Waals surface area contributed by atoms with Gasteiger partial charge in [0.15, 0.2) is 5.82 Å². The van der Waals surface area contributed by atoms with Gasteiger partial charge in [0, 0.05) is 12.1 Å². The van der Waals surface area contributed by atoms with E-state index in [1.54, 1.807) is 11.0 Å². The molecule has 0 aliphatic rings. The van der Waals surface area contributed by atoms with E-state index in [1.165, 1.54) is 27.8 Å². The molecule has 0 saturated heterocycles. The molecule has 0 saturated carbocycles. The number of benzene rings is 1. The molecule has 1 aromatic carbocycles. The number of amides is 1. The first-order valence-electron chi connectivity index (χ1n) is 9.79. The van der Waals surface area contributed by atoms with Gasteiger partial charge in [0.05, 0.1) is 22.2 Å². The maximum absolute atomic E-state index is 12.9. The summed E-state index contributed by atoms with van der Waals surface area (Å²) >= 11 is 8.96. The molecule has 0 fully saturated rings. The van der Waals surface area contributed by atoms with Crippen LogP contribution in [0.2, 0.25) is 5.02 Å². The summed E-state index contributed by atoms with van der Waals surface area (Å²) in [5.74, 6) is 7.49. The highest BCUT2D eigenvalue weighted by atomic mass is 35.5. The minimum Gasteiger partial charge on any atom is -0.418 e. The van der Waals surface area contributed by atoms with Crippen LogP contribution in [0.5, 0.6) is 0 Å². The summed E-state index contributed by atoms with van der Waals surface area (Å²) in [7, 11) is 0. The molecule has 0 aliphatic heterocycles. The minimum absolute atomic E-state index is 0.0879. The molecule has 0 aliphatic carbocycles. The van der Waals surface area contributed by atoms with Gasteiger partial charge in [-0.2, -0.15) is 0 Å². The molecule has 3 aromatic heterocycles. The third-order valence-electron chi connectivity index (χ3n) is 4.48. The number of halogens is 1. The molecule has 3 heterocycles. The Kier molecular flexibility index (Phi) is 7.08. The van der Waals surface area contributed by atoms with E-state index in [0.717, 1.165) is 11.3 Å². The molecule has 1 amide bonds. The Morgan fingerprint density at radius 3 is 2.81 bits per heavy atom. The lowest BCUT2D eigenvalue weighted by atomic mass is 10.2. The van der Waals surface area contributed by atoms with Crippen molar-refractivity contribution in [3.63, 3.8) is 0 Å². The van der Waals surface area contributed by atoms with E-state index >= 15 is 0 Å². The van der Waals surface area contributed by atoms with Gasteiger partial charge < -0.3 is 15.2 Å². The van der Waals surface area contributed by atoms with E-state index in [2.05, 4.69) is 20.4 Å². The van der Waals surface area contributed by atoms with Gasteiger partial charge in [-0.25, -0.2) is 4.68 Å². The topological polar surface area (TPSA) is 116 Å². The molecule has 4 aromatic rings. The maximum Gasteiger partial charge on any atom is 0.257 e. The second kappa shape index (κ2) is 10.2. The minimum atomic E-state index is -0.0879. The van der Waals surface area contributed by atoms with E-state index in [1.807, 2.05) is 42.6 Å². The fraction of sp³-hybridized carbons (Fsp3) is 0.250. The zero-order valence-corrected chi connectivity index (χ0v) is 19.5. The predicted octanol–water partition coefficient (Wildman–Crippen LogP) is 3.95. The Morgan fingerprint density at radius 2 is 2.06 bits per heavy atom. The SMILES string of the molecule is CCCN(Cc1nnc(-c2cccs2)o1)C(=O)CSc1nnc(-c2ccccc2Cl)n1N. The lowest BCUT2D eigenvalue weighted by Gasteiger charge is -2.19. The average molecular weight is 490 g/mol. The number of nitrogens with two attached hydrogens (primary N) is 1. The van der Waals surface area contributed by atoms with Crippen LogP contribution >= 0.6 is 34.7 Å². The number of rotatable bonds is 9. The molecule has 0 radical (unpaired) electrons. The monoisotopic (exact) mass is 489 g/mol. The number of thiophene rings is 1. The molecule has 0 atom stereocenters. The summed E-state index contributed by atoms with van der Waals surface area (Å²) in [5, 5.41) is 19.3.